The average molecular weight is 233 g/mol. The fourth-order valence-corrected chi connectivity index (χ4v) is 2.18. The number of hydrogen-bond acceptors (Lipinski definition) is 2. The van der Waals surface area contributed by atoms with Crippen molar-refractivity contribution in [1.82, 2.24) is 0 Å². The summed E-state index contributed by atoms with van der Waals surface area (Å²) >= 11 is 0. The van der Waals surface area contributed by atoms with Crippen molar-refractivity contribution in [2.45, 2.75) is 45.8 Å². The van der Waals surface area contributed by atoms with Crippen molar-refractivity contribution in [2.75, 3.05) is 11.9 Å². The van der Waals surface area contributed by atoms with Crippen molar-refractivity contribution >= 4 is 5.69 Å². The Labute approximate surface area is 104 Å². The van der Waals surface area contributed by atoms with Crippen LogP contribution in [0.4, 0.5) is 5.69 Å². The second-order valence-corrected chi connectivity index (χ2v) is 5.02. The molecule has 1 unspecified atom stereocenters. The molecule has 1 aliphatic rings. The van der Waals surface area contributed by atoms with E-state index in [-0.39, 0.29) is 0 Å². The number of rotatable bonds is 7. The van der Waals surface area contributed by atoms with Crippen LogP contribution in [0.3, 0.4) is 0 Å². The van der Waals surface area contributed by atoms with Crippen LogP contribution in [-0.4, -0.2) is 12.6 Å². The van der Waals surface area contributed by atoms with Gasteiger partial charge in [-0.15, -0.1) is 0 Å². The molecule has 1 aromatic carbocycles. The van der Waals surface area contributed by atoms with Crippen molar-refractivity contribution < 1.29 is 4.74 Å². The van der Waals surface area contributed by atoms with Crippen LogP contribution < -0.4 is 5.32 Å². The van der Waals surface area contributed by atoms with Gasteiger partial charge in [-0.25, -0.2) is 0 Å². The number of nitrogens with one attached hydrogen (secondary N) is 1. The van der Waals surface area contributed by atoms with Gasteiger partial charge in [0.2, 0.25) is 0 Å². The van der Waals surface area contributed by atoms with E-state index >= 15 is 0 Å². The number of benzene rings is 1. The molecule has 1 atom stereocenters. The predicted octanol–water partition coefficient (Wildman–Crippen LogP) is 3.82. The summed E-state index contributed by atoms with van der Waals surface area (Å²) in [5.41, 5.74) is 2.49. The fourth-order valence-electron chi connectivity index (χ4n) is 2.18. The molecule has 0 radical (unpaired) electrons. The molecule has 0 aromatic heterocycles. The summed E-state index contributed by atoms with van der Waals surface area (Å²) in [6, 6.07) is 9.01. The van der Waals surface area contributed by atoms with Crippen LogP contribution in [-0.2, 0) is 11.3 Å². The smallest absolute Gasteiger partial charge is 0.0736 e. The third-order valence-electron chi connectivity index (χ3n) is 3.26. The van der Waals surface area contributed by atoms with Crippen LogP contribution >= 0.6 is 0 Å². The van der Waals surface area contributed by atoms with E-state index in [2.05, 4.69) is 36.5 Å². The summed E-state index contributed by atoms with van der Waals surface area (Å²) in [4.78, 5) is 0. The first kappa shape index (κ1) is 12.4. The molecule has 1 aliphatic carbocycles. The zero-order valence-electron chi connectivity index (χ0n) is 10.9. The van der Waals surface area contributed by atoms with Gasteiger partial charge in [0.25, 0.3) is 0 Å². The minimum Gasteiger partial charge on any atom is -0.382 e. The second-order valence-electron chi connectivity index (χ2n) is 5.02. The van der Waals surface area contributed by atoms with Gasteiger partial charge in [-0.2, -0.15) is 0 Å². The maximum atomic E-state index is 5.50. The number of para-hydroxylation sites is 1. The lowest BCUT2D eigenvalue weighted by Crippen LogP contribution is -2.17. The Bertz CT molecular complexity index is 347. The summed E-state index contributed by atoms with van der Waals surface area (Å²) < 4.78 is 5.50. The molecule has 1 fully saturated rings. The highest BCUT2D eigenvalue weighted by atomic mass is 16.5. The molecule has 0 amide bonds. The molecule has 0 aliphatic heterocycles. The van der Waals surface area contributed by atoms with E-state index in [1.165, 1.54) is 30.5 Å². The van der Waals surface area contributed by atoms with Crippen LogP contribution in [0.5, 0.6) is 0 Å². The summed E-state index contributed by atoms with van der Waals surface area (Å²) in [6.07, 6.45) is 4.14. The highest BCUT2D eigenvalue weighted by molar-refractivity contribution is 5.51. The number of hydrogen-bond donors (Lipinski definition) is 1. The Hall–Kier alpha value is -1.02. The minimum atomic E-state index is 0.560. The summed E-state index contributed by atoms with van der Waals surface area (Å²) in [6.45, 7) is 5.78. The maximum absolute atomic E-state index is 5.50. The molecule has 94 valence electrons. The van der Waals surface area contributed by atoms with E-state index < -0.39 is 0 Å². The average Bonchev–Trinajstić information content (AvgIpc) is 3.11. The van der Waals surface area contributed by atoms with Gasteiger partial charge in [-0.1, -0.05) is 31.0 Å². The van der Waals surface area contributed by atoms with Gasteiger partial charge >= 0.3 is 0 Å². The number of ether oxygens (including phenoxy) is 1. The Morgan fingerprint density at radius 2 is 2.12 bits per heavy atom. The summed E-state index contributed by atoms with van der Waals surface area (Å²) in [5, 5.41) is 3.61. The van der Waals surface area contributed by atoms with Crippen LogP contribution in [0.25, 0.3) is 0 Å². The molecule has 2 heteroatoms. The Morgan fingerprint density at radius 1 is 1.35 bits per heavy atom. The Morgan fingerprint density at radius 3 is 2.82 bits per heavy atom. The number of anilines is 1. The van der Waals surface area contributed by atoms with Crippen LogP contribution in [0.2, 0.25) is 0 Å². The molecular weight excluding hydrogens is 210 g/mol. The van der Waals surface area contributed by atoms with Gasteiger partial charge in [0.05, 0.1) is 6.61 Å². The zero-order chi connectivity index (χ0) is 12.1. The third-order valence-corrected chi connectivity index (χ3v) is 3.26. The van der Waals surface area contributed by atoms with Gasteiger partial charge in [-0.3, -0.25) is 0 Å². The SMILES string of the molecule is CCOCc1ccccc1NC(C)CC1CC1. The van der Waals surface area contributed by atoms with Crippen LogP contribution in [0.1, 0.15) is 38.7 Å². The first-order valence-corrected chi connectivity index (χ1v) is 6.71. The van der Waals surface area contributed by atoms with Crippen molar-refractivity contribution in [2.24, 2.45) is 5.92 Å². The molecule has 17 heavy (non-hydrogen) atoms. The molecule has 2 rings (SSSR count). The second kappa shape index (κ2) is 6.06. The Kier molecular flexibility index (Phi) is 4.43. The van der Waals surface area contributed by atoms with Crippen molar-refractivity contribution in [3.63, 3.8) is 0 Å². The predicted molar refractivity (Wildman–Crippen MR) is 72.2 cm³/mol. The van der Waals surface area contributed by atoms with Gasteiger partial charge in [-0.05, 0) is 32.3 Å². The van der Waals surface area contributed by atoms with Crippen LogP contribution in [0, 0.1) is 5.92 Å². The lowest BCUT2D eigenvalue weighted by molar-refractivity contribution is 0.134. The van der Waals surface area contributed by atoms with E-state index in [1.807, 2.05) is 6.92 Å². The molecule has 1 saturated carbocycles. The van der Waals surface area contributed by atoms with Gasteiger partial charge in [0, 0.05) is 23.9 Å². The van der Waals surface area contributed by atoms with E-state index in [0.29, 0.717) is 12.6 Å². The molecular formula is C15H23NO. The van der Waals surface area contributed by atoms with Crippen molar-refractivity contribution in [3.8, 4) is 0 Å². The van der Waals surface area contributed by atoms with Gasteiger partial charge in [0.1, 0.15) is 0 Å². The monoisotopic (exact) mass is 233 g/mol. The normalized spacial score (nSPS) is 16.8. The minimum absolute atomic E-state index is 0.560. The standard InChI is InChI=1S/C15H23NO/c1-3-17-11-14-6-4-5-7-15(14)16-12(2)10-13-8-9-13/h4-7,12-13,16H,3,8-11H2,1-2H3. The Balaban J connectivity index is 1.92. The molecule has 0 spiro atoms. The quantitative estimate of drug-likeness (QED) is 0.773. The molecule has 0 heterocycles. The highest BCUT2D eigenvalue weighted by Gasteiger charge is 2.23. The zero-order valence-corrected chi connectivity index (χ0v) is 10.9. The van der Waals surface area contributed by atoms with Crippen LogP contribution in [0.15, 0.2) is 24.3 Å². The van der Waals surface area contributed by atoms with E-state index in [9.17, 15) is 0 Å². The molecule has 0 saturated heterocycles. The topological polar surface area (TPSA) is 21.3 Å². The first-order chi connectivity index (χ1) is 8.29. The maximum Gasteiger partial charge on any atom is 0.0736 e. The lowest BCUT2D eigenvalue weighted by Gasteiger charge is -2.18. The first-order valence-electron chi connectivity index (χ1n) is 6.71. The van der Waals surface area contributed by atoms with E-state index in [1.54, 1.807) is 0 Å². The molecule has 0 bridgehead atoms. The third kappa shape index (κ3) is 4.04. The van der Waals surface area contributed by atoms with E-state index in [4.69, 9.17) is 4.74 Å². The van der Waals surface area contributed by atoms with Gasteiger partial charge < -0.3 is 10.1 Å². The molecule has 1 aromatic rings. The lowest BCUT2D eigenvalue weighted by atomic mass is 10.1. The molecule has 2 nitrogen and oxygen atoms in total. The van der Waals surface area contributed by atoms with Crippen molar-refractivity contribution in [1.29, 1.82) is 0 Å². The van der Waals surface area contributed by atoms with Gasteiger partial charge in [0.15, 0.2) is 0 Å². The molecule has 1 N–H and O–H groups in total. The summed E-state index contributed by atoms with van der Waals surface area (Å²) in [7, 11) is 0. The largest absolute Gasteiger partial charge is 0.382 e. The highest BCUT2D eigenvalue weighted by Crippen LogP contribution is 2.34. The van der Waals surface area contributed by atoms with Crippen molar-refractivity contribution in [3.05, 3.63) is 29.8 Å². The van der Waals surface area contributed by atoms with E-state index in [0.717, 1.165) is 12.5 Å². The summed E-state index contributed by atoms with van der Waals surface area (Å²) in [5.74, 6) is 0.969. The fraction of sp³-hybridized carbons (Fsp3) is 0.600.